The van der Waals surface area contributed by atoms with Gasteiger partial charge in [0.05, 0.1) is 17.5 Å². The van der Waals surface area contributed by atoms with Crippen LogP contribution < -0.4 is 5.73 Å². The molecule has 0 radical (unpaired) electrons. The molecule has 0 aromatic heterocycles. The van der Waals surface area contributed by atoms with Crippen molar-refractivity contribution in [3.8, 4) is 0 Å². The van der Waals surface area contributed by atoms with Crippen LogP contribution in [0.4, 0.5) is 0 Å². The molecular formula is C11H22N2O2S. The SMILES string of the molecule is CCOCCN(CC)C(=O)C(CC)C(N)=S. The van der Waals surface area contributed by atoms with E-state index in [-0.39, 0.29) is 16.8 Å². The molecule has 4 nitrogen and oxygen atoms in total. The van der Waals surface area contributed by atoms with E-state index in [0.29, 0.717) is 32.7 Å². The molecular weight excluding hydrogens is 224 g/mol. The van der Waals surface area contributed by atoms with Crippen LogP contribution in [0.25, 0.3) is 0 Å². The first kappa shape index (κ1) is 15.3. The van der Waals surface area contributed by atoms with Crippen LogP contribution >= 0.6 is 12.2 Å². The third-order valence-corrected chi connectivity index (χ3v) is 2.74. The molecule has 0 aliphatic rings. The molecule has 0 aliphatic heterocycles. The summed E-state index contributed by atoms with van der Waals surface area (Å²) in [5.74, 6) is -0.325. The second-order valence-corrected chi connectivity index (χ2v) is 3.95. The smallest absolute Gasteiger partial charge is 0.232 e. The second kappa shape index (κ2) is 8.47. The standard InChI is InChI=1S/C11H22N2O2S/c1-4-9(10(12)16)11(14)13(5-2)7-8-15-6-3/h9H,4-8H2,1-3H3,(H2,12,16). The van der Waals surface area contributed by atoms with E-state index in [1.807, 2.05) is 20.8 Å². The first-order valence-corrected chi connectivity index (χ1v) is 6.15. The lowest BCUT2D eigenvalue weighted by molar-refractivity contribution is -0.133. The highest BCUT2D eigenvalue weighted by molar-refractivity contribution is 7.80. The molecule has 0 aromatic carbocycles. The van der Waals surface area contributed by atoms with Crippen molar-refractivity contribution in [1.82, 2.24) is 4.90 Å². The van der Waals surface area contributed by atoms with Crippen LogP contribution in [0.3, 0.4) is 0 Å². The van der Waals surface area contributed by atoms with Gasteiger partial charge in [0.15, 0.2) is 0 Å². The summed E-state index contributed by atoms with van der Waals surface area (Å²) in [4.78, 5) is 14.1. The molecule has 1 atom stereocenters. The lowest BCUT2D eigenvalue weighted by Gasteiger charge is -2.25. The van der Waals surface area contributed by atoms with Gasteiger partial charge in [0.1, 0.15) is 0 Å². The topological polar surface area (TPSA) is 55.6 Å². The van der Waals surface area contributed by atoms with E-state index in [2.05, 4.69) is 0 Å². The van der Waals surface area contributed by atoms with E-state index in [9.17, 15) is 4.79 Å². The number of carbonyl (C=O) groups is 1. The van der Waals surface area contributed by atoms with Crippen LogP contribution in [0.2, 0.25) is 0 Å². The van der Waals surface area contributed by atoms with Crippen LogP contribution in [0, 0.1) is 5.92 Å². The average Bonchev–Trinajstić information content (AvgIpc) is 2.24. The molecule has 0 spiro atoms. The van der Waals surface area contributed by atoms with Gasteiger partial charge in [-0.05, 0) is 20.3 Å². The largest absolute Gasteiger partial charge is 0.393 e. The second-order valence-electron chi connectivity index (χ2n) is 3.48. The number of nitrogens with zero attached hydrogens (tertiary/aromatic N) is 1. The minimum absolute atomic E-state index is 0.0113. The number of ether oxygens (including phenoxy) is 1. The summed E-state index contributed by atoms with van der Waals surface area (Å²) in [6.07, 6.45) is 0.652. The van der Waals surface area contributed by atoms with Gasteiger partial charge >= 0.3 is 0 Å². The monoisotopic (exact) mass is 246 g/mol. The molecule has 5 heteroatoms. The van der Waals surface area contributed by atoms with Gasteiger partial charge in [-0.2, -0.15) is 0 Å². The fourth-order valence-electron chi connectivity index (χ4n) is 1.46. The van der Waals surface area contributed by atoms with E-state index in [0.717, 1.165) is 0 Å². The van der Waals surface area contributed by atoms with Gasteiger partial charge in [0, 0.05) is 19.7 Å². The van der Waals surface area contributed by atoms with E-state index in [4.69, 9.17) is 22.7 Å². The van der Waals surface area contributed by atoms with Crippen molar-refractivity contribution >= 4 is 23.1 Å². The highest BCUT2D eigenvalue weighted by Gasteiger charge is 2.23. The number of carbonyl (C=O) groups excluding carboxylic acids is 1. The van der Waals surface area contributed by atoms with Crippen molar-refractivity contribution < 1.29 is 9.53 Å². The van der Waals surface area contributed by atoms with Crippen molar-refractivity contribution in [3.63, 3.8) is 0 Å². The van der Waals surface area contributed by atoms with Gasteiger partial charge in [0.25, 0.3) is 0 Å². The van der Waals surface area contributed by atoms with Crippen molar-refractivity contribution in [2.45, 2.75) is 27.2 Å². The highest BCUT2D eigenvalue weighted by atomic mass is 32.1. The number of likely N-dealkylation sites (N-methyl/N-ethyl adjacent to an activating group) is 1. The van der Waals surface area contributed by atoms with Gasteiger partial charge in [-0.3, -0.25) is 4.79 Å². The predicted octanol–water partition coefficient (Wildman–Crippen LogP) is 1.18. The van der Waals surface area contributed by atoms with Crippen LogP contribution in [0.1, 0.15) is 27.2 Å². The molecule has 0 heterocycles. The third-order valence-electron chi connectivity index (χ3n) is 2.45. The Labute approximate surface area is 103 Å². The summed E-state index contributed by atoms with van der Waals surface area (Å²) >= 11 is 4.89. The van der Waals surface area contributed by atoms with Gasteiger partial charge in [-0.1, -0.05) is 19.1 Å². The van der Waals surface area contributed by atoms with Crippen molar-refractivity contribution in [3.05, 3.63) is 0 Å². The summed E-state index contributed by atoms with van der Waals surface area (Å²) in [5.41, 5.74) is 5.55. The average molecular weight is 246 g/mol. The van der Waals surface area contributed by atoms with Crippen molar-refractivity contribution in [2.75, 3.05) is 26.3 Å². The zero-order valence-electron chi connectivity index (χ0n) is 10.4. The Bertz CT molecular complexity index is 234. The number of rotatable bonds is 8. The predicted molar refractivity (Wildman–Crippen MR) is 69.3 cm³/mol. The fourth-order valence-corrected chi connectivity index (χ4v) is 1.73. The molecule has 1 unspecified atom stereocenters. The summed E-state index contributed by atoms with van der Waals surface area (Å²) in [5, 5.41) is 0. The summed E-state index contributed by atoms with van der Waals surface area (Å²) < 4.78 is 5.23. The molecule has 0 saturated carbocycles. The van der Waals surface area contributed by atoms with Crippen molar-refractivity contribution in [2.24, 2.45) is 11.7 Å². The van der Waals surface area contributed by atoms with E-state index in [1.165, 1.54) is 0 Å². The van der Waals surface area contributed by atoms with Gasteiger partial charge < -0.3 is 15.4 Å². The Morgan fingerprint density at radius 2 is 2.06 bits per heavy atom. The number of hydrogen-bond acceptors (Lipinski definition) is 3. The first-order valence-electron chi connectivity index (χ1n) is 5.74. The Kier molecular flexibility index (Phi) is 8.11. The highest BCUT2D eigenvalue weighted by Crippen LogP contribution is 2.08. The molecule has 0 rings (SSSR count). The van der Waals surface area contributed by atoms with Crippen molar-refractivity contribution in [1.29, 1.82) is 0 Å². The molecule has 1 amide bonds. The summed E-state index contributed by atoms with van der Waals surface area (Å²) in [6, 6.07) is 0. The minimum Gasteiger partial charge on any atom is -0.393 e. The Morgan fingerprint density at radius 1 is 1.44 bits per heavy atom. The molecule has 16 heavy (non-hydrogen) atoms. The van der Waals surface area contributed by atoms with E-state index in [1.54, 1.807) is 4.90 Å². The lowest BCUT2D eigenvalue weighted by Crippen LogP contribution is -2.42. The van der Waals surface area contributed by atoms with E-state index < -0.39 is 0 Å². The number of thiocarbonyl (C=S) groups is 1. The number of nitrogens with two attached hydrogens (primary N) is 1. The zero-order valence-corrected chi connectivity index (χ0v) is 11.2. The maximum Gasteiger partial charge on any atom is 0.232 e. The Morgan fingerprint density at radius 3 is 2.44 bits per heavy atom. The van der Waals surface area contributed by atoms with Gasteiger partial charge in [-0.15, -0.1) is 0 Å². The summed E-state index contributed by atoms with van der Waals surface area (Å²) in [6.45, 7) is 8.27. The van der Waals surface area contributed by atoms with Crippen LogP contribution in [-0.2, 0) is 9.53 Å². The quantitative estimate of drug-likeness (QED) is 0.516. The molecule has 2 N–H and O–H groups in total. The van der Waals surface area contributed by atoms with Crippen LogP contribution in [-0.4, -0.2) is 42.1 Å². The zero-order chi connectivity index (χ0) is 12.6. The normalized spacial score (nSPS) is 12.2. The number of hydrogen-bond donors (Lipinski definition) is 1. The lowest BCUT2D eigenvalue weighted by atomic mass is 10.1. The molecule has 0 aromatic rings. The van der Waals surface area contributed by atoms with Gasteiger partial charge in [-0.25, -0.2) is 0 Å². The van der Waals surface area contributed by atoms with Crippen LogP contribution in [0.5, 0.6) is 0 Å². The number of amides is 1. The molecule has 0 saturated heterocycles. The molecule has 0 fully saturated rings. The van der Waals surface area contributed by atoms with Crippen LogP contribution in [0.15, 0.2) is 0 Å². The maximum atomic E-state index is 12.0. The molecule has 94 valence electrons. The first-order chi connectivity index (χ1) is 7.58. The third kappa shape index (κ3) is 4.90. The minimum atomic E-state index is -0.337. The Balaban J connectivity index is 4.32. The molecule has 0 aliphatic carbocycles. The maximum absolute atomic E-state index is 12.0. The Hall–Kier alpha value is -0.680. The fraction of sp³-hybridized carbons (Fsp3) is 0.818. The van der Waals surface area contributed by atoms with Gasteiger partial charge in [0.2, 0.25) is 5.91 Å². The molecule has 0 bridgehead atoms. The summed E-state index contributed by atoms with van der Waals surface area (Å²) in [7, 11) is 0. The van der Waals surface area contributed by atoms with E-state index >= 15 is 0 Å².